The molecule has 14 heavy (non-hydrogen) atoms. The summed E-state index contributed by atoms with van der Waals surface area (Å²) in [5.41, 5.74) is -0.163. The zero-order valence-corrected chi connectivity index (χ0v) is 9.70. The van der Waals surface area contributed by atoms with E-state index in [2.05, 4.69) is 15.6 Å². The largest absolute Gasteiger partial charge is 0.356 e. The lowest BCUT2D eigenvalue weighted by molar-refractivity contribution is -0.121. The number of nitrogens with zero attached hydrogens (tertiary/aromatic N) is 1. The number of hydrogen-bond acceptors (Lipinski definition) is 4. The monoisotopic (exact) mass is 215 g/mol. The normalized spacial score (nSPS) is 16.4. The van der Waals surface area contributed by atoms with Gasteiger partial charge < -0.3 is 10.6 Å². The maximum absolute atomic E-state index is 11.4. The fraction of sp³-hybridized carbons (Fsp3) is 0.778. The second kappa shape index (κ2) is 4.68. The van der Waals surface area contributed by atoms with Crippen LogP contribution in [0, 0.1) is 0 Å². The minimum absolute atomic E-state index is 0.00713. The number of carbonyl (C=O) groups is 1. The van der Waals surface area contributed by atoms with Crippen LogP contribution in [0.25, 0.3) is 0 Å². The Morgan fingerprint density at radius 1 is 1.57 bits per heavy atom. The number of thioether (sulfide) groups is 1. The van der Waals surface area contributed by atoms with Crippen molar-refractivity contribution in [2.75, 3.05) is 18.8 Å². The van der Waals surface area contributed by atoms with Crippen molar-refractivity contribution in [3.63, 3.8) is 0 Å². The quantitative estimate of drug-likeness (QED) is 0.709. The molecule has 0 aliphatic carbocycles. The van der Waals surface area contributed by atoms with Crippen LogP contribution in [0.3, 0.4) is 0 Å². The van der Waals surface area contributed by atoms with E-state index in [9.17, 15) is 4.79 Å². The molecule has 1 heterocycles. The molecule has 80 valence electrons. The zero-order valence-electron chi connectivity index (χ0n) is 8.89. The van der Waals surface area contributed by atoms with Gasteiger partial charge in [-0.1, -0.05) is 11.8 Å². The zero-order chi connectivity index (χ0) is 10.6. The molecule has 0 atom stereocenters. The van der Waals surface area contributed by atoms with Gasteiger partial charge in [0.2, 0.25) is 5.91 Å². The van der Waals surface area contributed by atoms with E-state index in [1.165, 1.54) is 0 Å². The summed E-state index contributed by atoms with van der Waals surface area (Å²) >= 11 is 1.66. The smallest absolute Gasteiger partial charge is 0.239 e. The van der Waals surface area contributed by atoms with Crippen LogP contribution in [0.4, 0.5) is 0 Å². The lowest BCUT2D eigenvalue weighted by Crippen LogP contribution is -2.45. The number of hydrogen-bond donors (Lipinski definition) is 2. The first-order valence-electron chi connectivity index (χ1n) is 4.69. The predicted octanol–water partition coefficient (Wildman–Crippen LogP) is 0.594. The molecular formula is C9H17N3OS. The van der Waals surface area contributed by atoms with Gasteiger partial charge in [-0.2, -0.15) is 0 Å². The average molecular weight is 215 g/mol. The maximum atomic E-state index is 11.4. The Kier molecular flexibility index (Phi) is 3.80. The van der Waals surface area contributed by atoms with E-state index in [1.807, 2.05) is 20.8 Å². The van der Waals surface area contributed by atoms with Gasteiger partial charge in [0.1, 0.15) is 0 Å². The maximum Gasteiger partial charge on any atom is 0.239 e. The molecule has 0 fully saturated rings. The molecule has 0 bridgehead atoms. The molecule has 0 aromatic carbocycles. The first-order chi connectivity index (χ1) is 6.47. The summed E-state index contributed by atoms with van der Waals surface area (Å²) in [6.07, 6.45) is 0. The lowest BCUT2D eigenvalue weighted by atomic mass is 10.1. The second-order valence-corrected chi connectivity index (χ2v) is 5.27. The van der Waals surface area contributed by atoms with Crippen molar-refractivity contribution in [1.82, 2.24) is 10.6 Å². The van der Waals surface area contributed by atoms with Gasteiger partial charge in [-0.05, 0) is 20.8 Å². The van der Waals surface area contributed by atoms with Crippen LogP contribution in [0.1, 0.15) is 20.8 Å². The first-order valence-corrected chi connectivity index (χ1v) is 5.68. The van der Waals surface area contributed by atoms with Crippen LogP contribution in [0.15, 0.2) is 4.99 Å². The molecule has 4 nitrogen and oxygen atoms in total. The summed E-state index contributed by atoms with van der Waals surface area (Å²) in [5, 5.41) is 6.77. The standard InChI is InChI=1S/C9H17N3OS/c1-9(2,3)12-7(13)6-11-8-10-4-5-14-8/h4-6H2,1-3H3,(H,10,11)(H,12,13). The molecule has 0 aromatic rings. The fourth-order valence-corrected chi connectivity index (χ4v) is 1.79. The molecule has 0 radical (unpaired) electrons. The molecule has 2 N–H and O–H groups in total. The fourth-order valence-electron chi connectivity index (χ4n) is 1.06. The van der Waals surface area contributed by atoms with Gasteiger partial charge in [-0.15, -0.1) is 0 Å². The molecule has 1 amide bonds. The van der Waals surface area contributed by atoms with Gasteiger partial charge in [-0.25, -0.2) is 0 Å². The molecule has 0 unspecified atom stereocenters. The van der Waals surface area contributed by atoms with Crippen LogP contribution < -0.4 is 10.6 Å². The van der Waals surface area contributed by atoms with Crippen LogP contribution in [0.5, 0.6) is 0 Å². The Balaban J connectivity index is 2.21. The number of carbonyl (C=O) groups excluding carboxylic acids is 1. The Morgan fingerprint density at radius 2 is 2.29 bits per heavy atom. The minimum Gasteiger partial charge on any atom is -0.356 e. The highest BCUT2D eigenvalue weighted by Crippen LogP contribution is 2.08. The minimum atomic E-state index is -0.163. The first kappa shape index (κ1) is 11.4. The van der Waals surface area contributed by atoms with E-state index in [4.69, 9.17) is 0 Å². The third-order valence-corrected chi connectivity index (χ3v) is 2.43. The molecule has 5 heteroatoms. The topological polar surface area (TPSA) is 53.5 Å². The van der Waals surface area contributed by atoms with Crippen molar-refractivity contribution in [3.8, 4) is 0 Å². The van der Waals surface area contributed by atoms with E-state index in [0.717, 1.165) is 17.5 Å². The highest BCUT2D eigenvalue weighted by molar-refractivity contribution is 8.14. The van der Waals surface area contributed by atoms with Crippen molar-refractivity contribution < 1.29 is 4.79 Å². The predicted molar refractivity (Wildman–Crippen MR) is 60.7 cm³/mol. The molecular weight excluding hydrogens is 198 g/mol. The molecule has 0 aromatic heterocycles. The summed E-state index contributed by atoms with van der Waals surface area (Å²) in [5.74, 6) is 1.02. The highest BCUT2D eigenvalue weighted by atomic mass is 32.2. The third-order valence-electron chi connectivity index (χ3n) is 1.50. The van der Waals surface area contributed by atoms with Gasteiger partial charge in [0.25, 0.3) is 0 Å². The number of rotatable bonds is 2. The summed E-state index contributed by atoms with van der Waals surface area (Å²) in [6, 6.07) is 0. The van der Waals surface area contributed by atoms with Gasteiger partial charge in [0, 0.05) is 11.3 Å². The Hall–Kier alpha value is -0.710. The van der Waals surface area contributed by atoms with Crippen LogP contribution >= 0.6 is 11.8 Å². The molecule has 1 aliphatic rings. The molecule has 0 spiro atoms. The SMILES string of the molecule is CC(C)(C)NC(=O)CNC1=NCCS1. The molecule has 1 aliphatic heterocycles. The Morgan fingerprint density at radius 3 is 2.79 bits per heavy atom. The third kappa shape index (κ3) is 4.50. The van der Waals surface area contributed by atoms with Gasteiger partial charge in [-0.3, -0.25) is 9.79 Å². The van der Waals surface area contributed by atoms with Crippen LogP contribution in [0.2, 0.25) is 0 Å². The van der Waals surface area contributed by atoms with Gasteiger partial charge in [0.05, 0.1) is 13.1 Å². The van der Waals surface area contributed by atoms with Crippen molar-refractivity contribution in [2.45, 2.75) is 26.3 Å². The van der Waals surface area contributed by atoms with Gasteiger partial charge >= 0.3 is 0 Å². The highest BCUT2D eigenvalue weighted by Gasteiger charge is 2.14. The summed E-state index contributed by atoms with van der Waals surface area (Å²) < 4.78 is 0. The van der Waals surface area contributed by atoms with E-state index < -0.39 is 0 Å². The molecule has 1 rings (SSSR count). The number of aliphatic imine (C=N–C) groups is 1. The Bertz CT molecular complexity index is 245. The van der Waals surface area contributed by atoms with Crippen molar-refractivity contribution in [3.05, 3.63) is 0 Å². The number of amidine groups is 1. The van der Waals surface area contributed by atoms with Crippen molar-refractivity contribution in [2.24, 2.45) is 4.99 Å². The Labute approximate surface area is 88.9 Å². The van der Waals surface area contributed by atoms with E-state index in [-0.39, 0.29) is 11.4 Å². The second-order valence-electron chi connectivity index (χ2n) is 4.19. The summed E-state index contributed by atoms with van der Waals surface area (Å²) in [6.45, 7) is 7.06. The number of nitrogens with one attached hydrogen (secondary N) is 2. The molecule has 0 saturated heterocycles. The average Bonchev–Trinajstić information content (AvgIpc) is 2.49. The van der Waals surface area contributed by atoms with Crippen molar-refractivity contribution in [1.29, 1.82) is 0 Å². The van der Waals surface area contributed by atoms with E-state index in [1.54, 1.807) is 11.8 Å². The molecule has 0 saturated carbocycles. The summed E-state index contributed by atoms with van der Waals surface area (Å²) in [4.78, 5) is 15.6. The van der Waals surface area contributed by atoms with E-state index in [0.29, 0.717) is 6.54 Å². The van der Waals surface area contributed by atoms with Crippen molar-refractivity contribution >= 4 is 22.8 Å². The lowest BCUT2D eigenvalue weighted by Gasteiger charge is -2.20. The van der Waals surface area contributed by atoms with Crippen LogP contribution in [-0.2, 0) is 4.79 Å². The van der Waals surface area contributed by atoms with Gasteiger partial charge in [0.15, 0.2) is 5.17 Å². The summed E-state index contributed by atoms with van der Waals surface area (Å²) in [7, 11) is 0. The van der Waals surface area contributed by atoms with Crippen LogP contribution in [-0.4, -0.2) is 35.5 Å². The van der Waals surface area contributed by atoms with E-state index >= 15 is 0 Å². The number of amides is 1.